The molecule has 118 valence electrons. The average molecular weight is 290 g/mol. The standard InChI is InChI=1S/C13H26N2O5/c1-4-10(5-2)15(7-9-20-3)13(19)14-11(6-8-16)12(17)18/h10-11,16H,4-9H2,1-3H3,(H,14,19)(H,17,18). The zero-order valence-electron chi connectivity index (χ0n) is 12.5. The third-order valence-electron chi connectivity index (χ3n) is 3.19. The molecule has 0 spiro atoms. The molecule has 0 heterocycles. The summed E-state index contributed by atoms with van der Waals surface area (Å²) in [5.41, 5.74) is 0. The highest BCUT2D eigenvalue weighted by Crippen LogP contribution is 2.09. The molecule has 1 atom stereocenters. The number of nitrogens with one attached hydrogen (secondary N) is 1. The number of carboxylic acids is 1. The second-order valence-corrected chi connectivity index (χ2v) is 4.51. The molecule has 0 rings (SSSR count). The van der Waals surface area contributed by atoms with Crippen molar-refractivity contribution in [3.05, 3.63) is 0 Å². The van der Waals surface area contributed by atoms with Crippen molar-refractivity contribution < 1.29 is 24.5 Å². The Morgan fingerprint density at radius 3 is 2.30 bits per heavy atom. The van der Waals surface area contributed by atoms with Crippen LogP contribution in [0.5, 0.6) is 0 Å². The number of hydrogen-bond donors (Lipinski definition) is 3. The lowest BCUT2D eigenvalue weighted by Gasteiger charge is -2.31. The van der Waals surface area contributed by atoms with Crippen molar-refractivity contribution in [3.8, 4) is 0 Å². The van der Waals surface area contributed by atoms with Gasteiger partial charge in [0.25, 0.3) is 0 Å². The number of rotatable bonds is 10. The summed E-state index contributed by atoms with van der Waals surface area (Å²) >= 11 is 0. The molecule has 3 N–H and O–H groups in total. The molecule has 2 amide bonds. The fourth-order valence-electron chi connectivity index (χ4n) is 1.99. The predicted octanol–water partition coefficient (Wildman–Crippen LogP) is 0.669. The summed E-state index contributed by atoms with van der Waals surface area (Å²) in [6.45, 7) is 4.45. The van der Waals surface area contributed by atoms with Crippen molar-refractivity contribution in [2.24, 2.45) is 0 Å². The topological polar surface area (TPSA) is 99.1 Å². The molecule has 0 aliphatic heterocycles. The number of carbonyl (C=O) groups excluding carboxylic acids is 1. The van der Waals surface area contributed by atoms with Crippen LogP contribution in [0, 0.1) is 0 Å². The molecular weight excluding hydrogens is 264 g/mol. The molecule has 0 aliphatic rings. The summed E-state index contributed by atoms with van der Waals surface area (Å²) in [6, 6.07) is -1.47. The number of carboxylic acid groups (broad SMARTS) is 1. The van der Waals surface area contributed by atoms with Gasteiger partial charge in [0.15, 0.2) is 0 Å². The fraction of sp³-hybridized carbons (Fsp3) is 0.846. The van der Waals surface area contributed by atoms with Crippen LogP contribution in [-0.4, -0.2) is 66.1 Å². The van der Waals surface area contributed by atoms with Gasteiger partial charge in [0, 0.05) is 32.7 Å². The minimum atomic E-state index is -1.15. The molecule has 0 aliphatic carbocycles. The Morgan fingerprint density at radius 1 is 1.30 bits per heavy atom. The number of hydrogen-bond acceptors (Lipinski definition) is 4. The van der Waals surface area contributed by atoms with E-state index in [1.807, 2.05) is 13.8 Å². The van der Waals surface area contributed by atoms with E-state index in [1.54, 1.807) is 12.0 Å². The van der Waals surface area contributed by atoms with Gasteiger partial charge in [0.05, 0.1) is 6.61 Å². The molecule has 7 heteroatoms. The Labute approximate surface area is 119 Å². The van der Waals surface area contributed by atoms with E-state index >= 15 is 0 Å². The quantitative estimate of drug-likeness (QED) is 0.549. The molecular formula is C13H26N2O5. The summed E-state index contributed by atoms with van der Waals surface area (Å²) in [5, 5.41) is 20.3. The normalized spacial score (nSPS) is 12.2. The molecule has 0 bridgehead atoms. The molecule has 0 saturated heterocycles. The molecule has 0 aromatic heterocycles. The lowest BCUT2D eigenvalue weighted by molar-refractivity contribution is -0.139. The van der Waals surface area contributed by atoms with E-state index in [4.69, 9.17) is 14.9 Å². The first-order valence-electron chi connectivity index (χ1n) is 6.91. The second-order valence-electron chi connectivity index (χ2n) is 4.51. The van der Waals surface area contributed by atoms with Gasteiger partial charge < -0.3 is 25.2 Å². The summed E-state index contributed by atoms with van der Waals surface area (Å²) in [5.74, 6) is -1.15. The SMILES string of the molecule is CCC(CC)N(CCOC)C(=O)NC(CCO)C(=O)O. The highest BCUT2D eigenvalue weighted by molar-refractivity contribution is 5.82. The van der Waals surface area contributed by atoms with Gasteiger partial charge in [-0.1, -0.05) is 13.8 Å². The van der Waals surface area contributed by atoms with Gasteiger partial charge in [-0.2, -0.15) is 0 Å². The first-order valence-corrected chi connectivity index (χ1v) is 6.91. The van der Waals surface area contributed by atoms with E-state index in [2.05, 4.69) is 5.32 Å². The summed E-state index contributed by atoms with van der Waals surface area (Å²) in [6.07, 6.45) is 1.55. The minimum Gasteiger partial charge on any atom is -0.480 e. The van der Waals surface area contributed by atoms with Gasteiger partial charge in [0.1, 0.15) is 6.04 Å². The monoisotopic (exact) mass is 290 g/mol. The average Bonchev–Trinajstić information content (AvgIpc) is 2.42. The van der Waals surface area contributed by atoms with Gasteiger partial charge in [0.2, 0.25) is 0 Å². The summed E-state index contributed by atoms with van der Waals surface area (Å²) in [7, 11) is 1.55. The van der Waals surface area contributed by atoms with Gasteiger partial charge in [-0.05, 0) is 12.8 Å². The largest absolute Gasteiger partial charge is 0.480 e. The molecule has 0 radical (unpaired) electrons. The van der Waals surface area contributed by atoms with Crippen molar-refractivity contribution in [1.82, 2.24) is 10.2 Å². The molecule has 0 aromatic rings. The van der Waals surface area contributed by atoms with Crippen LogP contribution >= 0.6 is 0 Å². The maximum Gasteiger partial charge on any atom is 0.326 e. The Morgan fingerprint density at radius 2 is 1.90 bits per heavy atom. The van der Waals surface area contributed by atoms with E-state index in [1.165, 1.54) is 0 Å². The van der Waals surface area contributed by atoms with Crippen molar-refractivity contribution in [1.29, 1.82) is 0 Å². The van der Waals surface area contributed by atoms with Crippen molar-refractivity contribution in [2.75, 3.05) is 26.9 Å². The first-order chi connectivity index (χ1) is 9.51. The van der Waals surface area contributed by atoms with E-state index in [-0.39, 0.29) is 19.1 Å². The number of ether oxygens (including phenoxy) is 1. The number of aliphatic hydroxyl groups excluding tert-OH is 1. The Balaban J connectivity index is 4.78. The number of aliphatic carboxylic acids is 1. The molecule has 0 aromatic carbocycles. The molecule has 0 saturated carbocycles. The van der Waals surface area contributed by atoms with Crippen LogP contribution in [0.3, 0.4) is 0 Å². The maximum absolute atomic E-state index is 12.2. The molecule has 1 unspecified atom stereocenters. The first kappa shape index (κ1) is 18.7. The van der Waals surface area contributed by atoms with Gasteiger partial charge >= 0.3 is 12.0 Å². The van der Waals surface area contributed by atoms with E-state index in [0.29, 0.717) is 13.2 Å². The lowest BCUT2D eigenvalue weighted by atomic mass is 10.1. The number of aliphatic hydroxyl groups is 1. The summed E-state index contributed by atoms with van der Waals surface area (Å²) in [4.78, 5) is 24.8. The number of nitrogens with zero attached hydrogens (tertiary/aromatic N) is 1. The third-order valence-corrected chi connectivity index (χ3v) is 3.19. The fourth-order valence-corrected chi connectivity index (χ4v) is 1.99. The Kier molecular flexibility index (Phi) is 9.75. The predicted molar refractivity (Wildman–Crippen MR) is 74.6 cm³/mol. The lowest BCUT2D eigenvalue weighted by Crippen LogP contribution is -2.52. The number of carbonyl (C=O) groups is 2. The van der Waals surface area contributed by atoms with Crippen LogP contribution in [0.25, 0.3) is 0 Å². The van der Waals surface area contributed by atoms with Crippen molar-refractivity contribution >= 4 is 12.0 Å². The maximum atomic E-state index is 12.2. The Hall–Kier alpha value is -1.34. The number of urea groups is 1. The zero-order valence-corrected chi connectivity index (χ0v) is 12.5. The molecule has 0 fully saturated rings. The van der Waals surface area contributed by atoms with Crippen LogP contribution in [0.15, 0.2) is 0 Å². The Bertz CT molecular complexity index is 294. The van der Waals surface area contributed by atoms with Gasteiger partial charge in [-0.25, -0.2) is 9.59 Å². The number of amides is 2. The van der Waals surface area contributed by atoms with Crippen LogP contribution in [0.4, 0.5) is 4.79 Å². The van der Waals surface area contributed by atoms with E-state index in [9.17, 15) is 9.59 Å². The molecule has 20 heavy (non-hydrogen) atoms. The number of methoxy groups -OCH3 is 1. The van der Waals surface area contributed by atoms with Gasteiger partial charge in [-0.3, -0.25) is 0 Å². The third kappa shape index (κ3) is 6.21. The van der Waals surface area contributed by atoms with Gasteiger partial charge in [-0.15, -0.1) is 0 Å². The second kappa shape index (κ2) is 10.4. The highest BCUT2D eigenvalue weighted by Gasteiger charge is 2.25. The molecule has 7 nitrogen and oxygen atoms in total. The van der Waals surface area contributed by atoms with Crippen molar-refractivity contribution in [2.45, 2.75) is 45.2 Å². The van der Waals surface area contributed by atoms with E-state index < -0.39 is 18.0 Å². The van der Waals surface area contributed by atoms with Crippen LogP contribution in [0.1, 0.15) is 33.1 Å². The van der Waals surface area contributed by atoms with E-state index in [0.717, 1.165) is 12.8 Å². The summed E-state index contributed by atoms with van der Waals surface area (Å²) < 4.78 is 4.98. The van der Waals surface area contributed by atoms with Crippen LogP contribution < -0.4 is 5.32 Å². The smallest absolute Gasteiger partial charge is 0.326 e. The zero-order chi connectivity index (χ0) is 15.5. The van der Waals surface area contributed by atoms with Crippen LogP contribution in [-0.2, 0) is 9.53 Å². The highest BCUT2D eigenvalue weighted by atomic mass is 16.5. The van der Waals surface area contributed by atoms with Crippen LogP contribution in [0.2, 0.25) is 0 Å². The minimum absolute atomic E-state index is 0.0118. The van der Waals surface area contributed by atoms with Crippen molar-refractivity contribution in [3.63, 3.8) is 0 Å².